The molecule has 0 unspecified atom stereocenters. The van der Waals surface area contributed by atoms with Crippen LogP contribution < -0.4 is 5.32 Å². The molecule has 1 saturated heterocycles. The van der Waals surface area contributed by atoms with E-state index in [0.29, 0.717) is 18.2 Å². The molecular formula is C20H23N5O2S. The summed E-state index contributed by atoms with van der Waals surface area (Å²) in [7, 11) is 0. The standard InChI is InChI=1S/C20H23N5O2S/c1-3-17-23-24-20(28-17)22-19(27)14-9-18(26)25(11-14)7-6-13-10-21-16-5-4-12(2)8-15(13)16/h4-5,8,10,14,21H,3,6-7,9,11H2,1-2H3,(H,22,24,27)/t14-/m1/s1. The predicted octanol–water partition coefficient (Wildman–Crippen LogP) is 2.92. The number of hydrogen-bond acceptors (Lipinski definition) is 5. The molecule has 1 aliphatic rings. The summed E-state index contributed by atoms with van der Waals surface area (Å²) in [6.45, 7) is 5.13. The third-order valence-corrected chi connectivity index (χ3v) is 6.14. The highest BCUT2D eigenvalue weighted by molar-refractivity contribution is 7.15. The van der Waals surface area contributed by atoms with Crippen LogP contribution in [0.5, 0.6) is 0 Å². The molecule has 0 spiro atoms. The summed E-state index contributed by atoms with van der Waals surface area (Å²) in [5.74, 6) is -0.466. The Labute approximate surface area is 167 Å². The van der Waals surface area contributed by atoms with E-state index < -0.39 is 0 Å². The first-order valence-electron chi connectivity index (χ1n) is 9.51. The first-order valence-corrected chi connectivity index (χ1v) is 10.3. The lowest BCUT2D eigenvalue weighted by Crippen LogP contribution is -2.30. The fraction of sp³-hybridized carbons (Fsp3) is 0.400. The van der Waals surface area contributed by atoms with E-state index in [-0.39, 0.29) is 24.2 Å². The van der Waals surface area contributed by atoms with Crippen LogP contribution in [0.15, 0.2) is 24.4 Å². The number of carbonyl (C=O) groups excluding carboxylic acids is 2. The van der Waals surface area contributed by atoms with Crippen LogP contribution in [0.25, 0.3) is 10.9 Å². The van der Waals surface area contributed by atoms with Gasteiger partial charge in [-0.25, -0.2) is 0 Å². The van der Waals surface area contributed by atoms with E-state index in [9.17, 15) is 9.59 Å². The molecule has 0 saturated carbocycles. The van der Waals surface area contributed by atoms with Gasteiger partial charge in [0.05, 0.1) is 5.92 Å². The molecule has 0 aliphatic carbocycles. The Hall–Kier alpha value is -2.74. The number of aromatic amines is 1. The van der Waals surface area contributed by atoms with Crippen molar-refractivity contribution >= 4 is 39.2 Å². The number of likely N-dealkylation sites (tertiary alicyclic amines) is 1. The first kappa shape index (κ1) is 18.6. The fourth-order valence-corrected chi connectivity index (χ4v) is 4.26. The lowest BCUT2D eigenvalue weighted by molar-refractivity contribution is -0.128. The van der Waals surface area contributed by atoms with Crippen LogP contribution in [0, 0.1) is 12.8 Å². The zero-order chi connectivity index (χ0) is 19.7. The second-order valence-corrected chi connectivity index (χ2v) is 8.26. The van der Waals surface area contributed by atoms with E-state index in [2.05, 4.69) is 45.6 Å². The Morgan fingerprint density at radius 2 is 2.25 bits per heavy atom. The number of aromatic nitrogens is 3. The van der Waals surface area contributed by atoms with Gasteiger partial charge in [0.25, 0.3) is 0 Å². The Kier molecular flexibility index (Phi) is 5.13. The summed E-state index contributed by atoms with van der Waals surface area (Å²) < 4.78 is 0. The minimum atomic E-state index is -0.341. The van der Waals surface area contributed by atoms with Gasteiger partial charge >= 0.3 is 0 Å². The maximum Gasteiger partial charge on any atom is 0.231 e. The average molecular weight is 398 g/mol. The molecule has 3 aromatic rings. The molecule has 2 aromatic heterocycles. The van der Waals surface area contributed by atoms with Gasteiger partial charge < -0.3 is 15.2 Å². The van der Waals surface area contributed by atoms with Crippen LogP contribution in [-0.4, -0.2) is 45.0 Å². The molecule has 1 fully saturated rings. The van der Waals surface area contributed by atoms with Gasteiger partial charge in [0.2, 0.25) is 16.9 Å². The molecule has 1 aromatic carbocycles. The maximum absolute atomic E-state index is 12.5. The number of aryl methyl sites for hydroxylation is 2. The van der Waals surface area contributed by atoms with E-state index in [1.54, 1.807) is 4.90 Å². The van der Waals surface area contributed by atoms with E-state index >= 15 is 0 Å². The number of fused-ring (bicyclic) bond motifs is 1. The number of anilines is 1. The van der Waals surface area contributed by atoms with Crippen LogP contribution >= 0.6 is 11.3 Å². The quantitative estimate of drug-likeness (QED) is 0.669. The van der Waals surface area contributed by atoms with Crippen LogP contribution in [0.3, 0.4) is 0 Å². The monoisotopic (exact) mass is 397 g/mol. The summed E-state index contributed by atoms with van der Waals surface area (Å²) in [6, 6.07) is 6.32. The Morgan fingerprint density at radius 1 is 1.39 bits per heavy atom. The molecule has 28 heavy (non-hydrogen) atoms. The highest BCUT2D eigenvalue weighted by atomic mass is 32.1. The van der Waals surface area contributed by atoms with Gasteiger partial charge in [-0.15, -0.1) is 10.2 Å². The molecule has 0 bridgehead atoms. The van der Waals surface area contributed by atoms with Crippen LogP contribution in [0.1, 0.15) is 29.5 Å². The van der Waals surface area contributed by atoms with Gasteiger partial charge in [0, 0.05) is 36.6 Å². The summed E-state index contributed by atoms with van der Waals surface area (Å²) in [4.78, 5) is 29.9. The zero-order valence-electron chi connectivity index (χ0n) is 16.0. The molecule has 0 radical (unpaired) electrons. The van der Waals surface area contributed by atoms with Gasteiger partial charge in [-0.3, -0.25) is 9.59 Å². The lowest BCUT2D eigenvalue weighted by Gasteiger charge is -2.16. The van der Waals surface area contributed by atoms with Crippen LogP contribution in [0.2, 0.25) is 0 Å². The molecule has 2 N–H and O–H groups in total. The zero-order valence-corrected chi connectivity index (χ0v) is 16.8. The molecular weight excluding hydrogens is 374 g/mol. The summed E-state index contributed by atoms with van der Waals surface area (Å²) in [5, 5.41) is 13.4. The highest BCUT2D eigenvalue weighted by Crippen LogP contribution is 2.24. The predicted molar refractivity (Wildman–Crippen MR) is 109 cm³/mol. The number of hydrogen-bond donors (Lipinski definition) is 2. The van der Waals surface area contributed by atoms with Gasteiger partial charge in [0.15, 0.2) is 0 Å². The normalized spacial score (nSPS) is 16.9. The molecule has 7 nitrogen and oxygen atoms in total. The second-order valence-electron chi connectivity index (χ2n) is 7.20. The van der Waals surface area contributed by atoms with Crippen molar-refractivity contribution in [3.05, 3.63) is 40.5 Å². The van der Waals surface area contributed by atoms with Gasteiger partial charge in [-0.1, -0.05) is 29.9 Å². The molecule has 3 heterocycles. The van der Waals surface area contributed by atoms with E-state index in [1.807, 2.05) is 13.1 Å². The number of rotatable bonds is 6. The highest BCUT2D eigenvalue weighted by Gasteiger charge is 2.34. The minimum absolute atomic E-state index is 0.0303. The minimum Gasteiger partial charge on any atom is -0.361 e. The Balaban J connectivity index is 1.36. The van der Waals surface area contributed by atoms with E-state index in [0.717, 1.165) is 23.4 Å². The van der Waals surface area contributed by atoms with Crippen molar-refractivity contribution in [3.63, 3.8) is 0 Å². The SMILES string of the molecule is CCc1nnc(NC(=O)[C@@H]2CC(=O)N(CCc3c[nH]c4ccc(C)cc34)C2)s1. The van der Waals surface area contributed by atoms with Crippen molar-refractivity contribution in [1.82, 2.24) is 20.1 Å². The Morgan fingerprint density at radius 3 is 3.04 bits per heavy atom. The van der Waals surface area contributed by atoms with Gasteiger partial charge in [-0.2, -0.15) is 0 Å². The molecule has 2 amide bonds. The second kappa shape index (κ2) is 7.71. The number of amides is 2. The van der Waals surface area contributed by atoms with E-state index in [4.69, 9.17) is 0 Å². The number of nitrogens with zero attached hydrogens (tertiary/aromatic N) is 3. The van der Waals surface area contributed by atoms with Crippen molar-refractivity contribution in [3.8, 4) is 0 Å². The molecule has 4 rings (SSSR count). The topological polar surface area (TPSA) is 91.0 Å². The van der Waals surface area contributed by atoms with Crippen LogP contribution in [-0.2, 0) is 22.4 Å². The van der Waals surface area contributed by atoms with Crippen molar-refractivity contribution < 1.29 is 9.59 Å². The van der Waals surface area contributed by atoms with Crippen LogP contribution in [0.4, 0.5) is 5.13 Å². The van der Waals surface area contributed by atoms with Crippen molar-refractivity contribution in [1.29, 1.82) is 0 Å². The number of H-pyrrole nitrogens is 1. The van der Waals surface area contributed by atoms with Crippen molar-refractivity contribution in [2.24, 2.45) is 5.92 Å². The van der Waals surface area contributed by atoms with Crippen molar-refractivity contribution in [2.75, 3.05) is 18.4 Å². The van der Waals surface area contributed by atoms with Gasteiger partial charge in [0.1, 0.15) is 5.01 Å². The molecule has 1 atom stereocenters. The molecule has 8 heteroatoms. The number of benzene rings is 1. The average Bonchev–Trinajstić information content (AvgIpc) is 3.38. The Bertz CT molecular complexity index is 1020. The molecule has 1 aliphatic heterocycles. The van der Waals surface area contributed by atoms with E-state index in [1.165, 1.54) is 27.8 Å². The third kappa shape index (κ3) is 3.77. The summed E-state index contributed by atoms with van der Waals surface area (Å²) in [6.07, 6.45) is 3.81. The first-order chi connectivity index (χ1) is 13.5. The lowest BCUT2D eigenvalue weighted by atomic mass is 10.1. The largest absolute Gasteiger partial charge is 0.361 e. The third-order valence-electron chi connectivity index (χ3n) is 5.16. The van der Waals surface area contributed by atoms with Crippen molar-refractivity contribution in [2.45, 2.75) is 33.1 Å². The smallest absolute Gasteiger partial charge is 0.231 e. The molecule has 146 valence electrons. The summed E-state index contributed by atoms with van der Waals surface area (Å²) >= 11 is 1.38. The number of carbonyl (C=O) groups is 2. The maximum atomic E-state index is 12.5. The van der Waals surface area contributed by atoms with Gasteiger partial charge in [-0.05, 0) is 37.5 Å². The summed E-state index contributed by atoms with van der Waals surface area (Å²) in [5.41, 5.74) is 3.51. The number of nitrogens with one attached hydrogen (secondary N) is 2. The fourth-order valence-electron chi connectivity index (χ4n) is 3.57.